The number of hydrogen-bond donors (Lipinski definition) is 2. The second kappa shape index (κ2) is 14.4. The molecule has 0 saturated heterocycles. The second-order valence-corrected chi connectivity index (χ2v) is 9.66. The first-order valence-electron chi connectivity index (χ1n) is 12.8. The molecule has 0 aliphatic rings. The van der Waals surface area contributed by atoms with Crippen molar-refractivity contribution in [3.8, 4) is 0 Å². The number of nitrogens with zero attached hydrogens (tertiary/aromatic N) is 3. The SMILES string of the molecule is CCN(CC)CCN(C)Cc1cccc(C(=O)Nc2ccc(Cl)cc2C(=O)NN=Cc2cccc(C)c2)c1. The maximum atomic E-state index is 13.1. The lowest BCUT2D eigenvalue weighted by Gasteiger charge is -2.23. The highest BCUT2D eigenvalue weighted by Gasteiger charge is 2.16. The van der Waals surface area contributed by atoms with Crippen LogP contribution in [0.4, 0.5) is 5.69 Å². The van der Waals surface area contributed by atoms with Crippen LogP contribution in [0.15, 0.2) is 71.8 Å². The Morgan fingerprint density at radius 2 is 1.71 bits per heavy atom. The molecule has 0 heterocycles. The monoisotopic (exact) mass is 533 g/mol. The average molecular weight is 534 g/mol. The molecule has 38 heavy (non-hydrogen) atoms. The molecule has 0 aliphatic carbocycles. The largest absolute Gasteiger partial charge is 0.321 e. The summed E-state index contributed by atoms with van der Waals surface area (Å²) in [4.78, 5) is 30.6. The van der Waals surface area contributed by atoms with E-state index in [0.717, 1.165) is 49.4 Å². The second-order valence-electron chi connectivity index (χ2n) is 9.22. The average Bonchev–Trinajstić information content (AvgIpc) is 2.90. The van der Waals surface area contributed by atoms with Crippen LogP contribution in [0, 0.1) is 6.92 Å². The van der Waals surface area contributed by atoms with Gasteiger partial charge in [0, 0.05) is 30.2 Å². The first-order chi connectivity index (χ1) is 18.3. The third-order valence-electron chi connectivity index (χ3n) is 6.23. The molecule has 0 saturated carbocycles. The Bertz CT molecular complexity index is 1270. The summed E-state index contributed by atoms with van der Waals surface area (Å²) in [6.45, 7) is 11.1. The van der Waals surface area contributed by atoms with E-state index in [1.54, 1.807) is 24.4 Å². The van der Waals surface area contributed by atoms with Gasteiger partial charge in [-0.05, 0) is 68.5 Å². The van der Waals surface area contributed by atoms with Crippen LogP contribution in [-0.4, -0.2) is 61.1 Å². The highest BCUT2D eigenvalue weighted by molar-refractivity contribution is 6.31. The Morgan fingerprint density at radius 1 is 0.947 bits per heavy atom. The van der Waals surface area contributed by atoms with Crippen LogP contribution in [0.1, 0.15) is 51.3 Å². The normalized spacial score (nSPS) is 11.3. The Labute approximate surface area is 230 Å². The zero-order chi connectivity index (χ0) is 27.5. The molecule has 0 bridgehead atoms. The third-order valence-corrected chi connectivity index (χ3v) is 6.47. The van der Waals surface area contributed by atoms with Crippen LogP contribution < -0.4 is 10.7 Å². The molecular formula is C30H36ClN5O2. The fourth-order valence-corrected chi connectivity index (χ4v) is 4.21. The van der Waals surface area contributed by atoms with E-state index in [-0.39, 0.29) is 11.5 Å². The number of likely N-dealkylation sites (N-methyl/N-ethyl adjacent to an activating group) is 2. The zero-order valence-corrected chi connectivity index (χ0v) is 23.3. The molecule has 0 fully saturated rings. The van der Waals surface area contributed by atoms with Gasteiger partial charge in [0.1, 0.15) is 0 Å². The topological polar surface area (TPSA) is 77.0 Å². The summed E-state index contributed by atoms with van der Waals surface area (Å²) in [6, 6.07) is 20.0. The standard InChI is InChI=1S/C30H36ClN5O2/c1-5-36(6-2)16-15-35(4)21-24-11-8-12-25(18-24)29(37)33-28-14-13-26(31)19-27(28)30(38)34-32-20-23-10-7-9-22(3)17-23/h7-14,17-20H,5-6,15-16,21H2,1-4H3,(H,33,37)(H,34,38). The summed E-state index contributed by atoms with van der Waals surface area (Å²) < 4.78 is 0. The molecule has 0 aromatic heterocycles. The molecule has 200 valence electrons. The van der Waals surface area contributed by atoms with Crippen molar-refractivity contribution in [1.82, 2.24) is 15.2 Å². The van der Waals surface area contributed by atoms with Gasteiger partial charge in [0.05, 0.1) is 17.5 Å². The molecule has 3 rings (SSSR count). The van der Waals surface area contributed by atoms with E-state index in [1.807, 2.05) is 49.4 Å². The number of halogens is 1. The van der Waals surface area contributed by atoms with E-state index in [4.69, 9.17) is 11.6 Å². The summed E-state index contributed by atoms with van der Waals surface area (Å²) in [5.41, 5.74) is 6.60. The van der Waals surface area contributed by atoms with Crippen LogP contribution >= 0.6 is 11.6 Å². The number of carbonyl (C=O) groups excluding carboxylic acids is 2. The van der Waals surface area contributed by atoms with Crippen molar-refractivity contribution in [2.75, 3.05) is 38.5 Å². The third kappa shape index (κ3) is 8.80. The van der Waals surface area contributed by atoms with E-state index in [1.165, 1.54) is 6.07 Å². The summed E-state index contributed by atoms with van der Waals surface area (Å²) in [5.74, 6) is -0.785. The molecule has 3 aromatic carbocycles. The number of hydrazone groups is 1. The summed E-state index contributed by atoms with van der Waals surface area (Å²) in [6.07, 6.45) is 1.57. The fraction of sp³-hybridized carbons (Fsp3) is 0.300. The van der Waals surface area contributed by atoms with Gasteiger partial charge in [-0.25, -0.2) is 5.43 Å². The molecule has 0 unspecified atom stereocenters. The van der Waals surface area contributed by atoms with E-state index in [2.05, 4.69) is 46.5 Å². The predicted octanol–water partition coefficient (Wildman–Crippen LogP) is 5.44. The molecule has 0 spiro atoms. The maximum absolute atomic E-state index is 13.1. The van der Waals surface area contributed by atoms with E-state index < -0.39 is 5.91 Å². The van der Waals surface area contributed by atoms with Gasteiger partial charge in [-0.2, -0.15) is 5.10 Å². The maximum Gasteiger partial charge on any atom is 0.273 e. The van der Waals surface area contributed by atoms with Gasteiger partial charge in [-0.3, -0.25) is 9.59 Å². The molecule has 2 amide bonds. The Hall–Kier alpha value is -3.52. The van der Waals surface area contributed by atoms with Crippen LogP contribution in [0.5, 0.6) is 0 Å². The first-order valence-corrected chi connectivity index (χ1v) is 13.2. The Balaban J connectivity index is 1.67. The summed E-state index contributed by atoms with van der Waals surface area (Å²) in [7, 11) is 2.08. The van der Waals surface area contributed by atoms with Crippen LogP contribution in [0.25, 0.3) is 0 Å². The van der Waals surface area contributed by atoms with Gasteiger partial charge < -0.3 is 15.1 Å². The fourth-order valence-electron chi connectivity index (χ4n) is 4.04. The number of amides is 2. The molecule has 2 N–H and O–H groups in total. The first kappa shape index (κ1) is 29.0. The lowest BCUT2D eigenvalue weighted by molar-refractivity contribution is 0.0956. The lowest BCUT2D eigenvalue weighted by atomic mass is 10.1. The van der Waals surface area contributed by atoms with Gasteiger partial charge >= 0.3 is 0 Å². The van der Waals surface area contributed by atoms with Crippen molar-refractivity contribution in [1.29, 1.82) is 0 Å². The van der Waals surface area contributed by atoms with Crippen molar-refractivity contribution < 1.29 is 9.59 Å². The minimum atomic E-state index is -0.477. The van der Waals surface area contributed by atoms with E-state index >= 15 is 0 Å². The van der Waals surface area contributed by atoms with Crippen molar-refractivity contribution in [3.05, 3.63) is 99.6 Å². The minimum Gasteiger partial charge on any atom is -0.321 e. The molecular weight excluding hydrogens is 498 g/mol. The van der Waals surface area contributed by atoms with Gasteiger partial charge in [0.15, 0.2) is 0 Å². The van der Waals surface area contributed by atoms with Gasteiger partial charge in [0.25, 0.3) is 11.8 Å². The van der Waals surface area contributed by atoms with Crippen molar-refractivity contribution in [3.63, 3.8) is 0 Å². The van der Waals surface area contributed by atoms with Gasteiger partial charge in [-0.15, -0.1) is 0 Å². The molecule has 0 radical (unpaired) electrons. The number of hydrogen-bond acceptors (Lipinski definition) is 5. The van der Waals surface area contributed by atoms with Gasteiger partial charge in [-0.1, -0.05) is 67.4 Å². The highest BCUT2D eigenvalue weighted by Crippen LogP contribution is 2.22. The molecule has 0 aliphatic heterocycles. The smallest absolute Gasteiger partial charge is 0.273 e. The number of rotatable bonds is 12. The number of nitrogens with one attached hydrogen (secondary N) is 2. The zero-order valence-electron chi connectivity index (χ0n) is 22.5. The Morgan fingerprint density at radius 3 is 2.45 bits per heavy atom. The number of aryl methyl sites for hydroxylation is 1. The van der Waals surface area contributed by atoms with Crippen molar-refractivity contribution >= 4 is 35.3 Å². The number of anilines is 1. The number of carbonyl (C=O) groups is 2. The van der Waals surface area contributed by atoms with Crippen LogP contribution in [-0.2, 0) is 6.54 Å². The van der Waals surface area contributed by atoms with Gasteiger partial charge in [0.2, 0.25) is 0 Å². The van der Waals surface area contributed by atoms with E-state index in [0.29, 0.717) is 16.3 Å². The predicted molar refractivity (Wildman–Crippen MR) is 156 cm³/mol. The summed E-state index contributed by atoms with van der Waals surface area (Å²) >= 11 is 6.16. The number of benzene rings is 3. The molecule has 0 atom stereocenters. The van der Waals surface area contributed by atoms with Crippen molar-refractivity contribution in [2.24, 2.45) is 5.10 Å². The van der Waals surface area contributed by atoms with Crippen LogP contribution in [0.2, 0.25) is 5.02 Å². The molecule has 3 aromatic rings. The highest BCUT2D eigenvalue weighted by atomic mass is 35.5. The molecule has 8 heteroatoms. The quantitative estimate of drug-likeness (QED) is 0.240. The van der Waals surface area contributed by atoms with Crippen LogP contribution in [0.3, 0.4) is 0 Å². The van der Waals surface area contributed by atoms with Crippen molar-refractivity contribution in [2.45, 2.75) is 27.3 Å². The Kier molecular flexibility index (Phi) is 11.0. The van der Waals surface area contributed by atoms with E-state index in [9.17, 15) is 9.59 Å². The lowest BCUT2D eigenvalue weighted by Crippen LogP contribution is -2.32. The molecule has 7 nitrogen and oxygen atoms in total. The minimum absolute atomic E-state index is 0.222. The summed E-state index contributed by atoms with van der Waals surface area (Å²) in [5, 5.41) is 7.29.